The van der Waals surface area contributed by atoms with Gasteiger partial charge in [-0.3, -0.25) is 0 Å². The van der Waals surface area contributed by atoms with E-state index >= 15 is 0 Å². The average molecular weight is 309 g/mol. The van der Waals surface area contributed by atoms with Gasteiger partial charge in [0.25, 0.3) is 0 Å². The van der Waals surface area contributed by atoms with Crippen molar-refractivity contribution in [2.45, 2.75) is 64.4 Å². The molecule has 0 aliphatic carbocycles. The minimum absolute atomic E-state index is 0.524. The van der Waals surface area contributed by atoms with Crippen molar-refractivity contribution in [2.75, 3.05) is 0 Å². The fraction of sp³-hybridized carbons (Fsp3) is 0.556. The van der Waals surface area contributed by atoms with Crippen molar-refractivity contribution in [1.29, 1.82) is 0 Å². The first-order valence-corrected chi connectivity index (χ1v) is 8.46. The van der Waals surface area contributed by atoms with Gasteiger partial charge in [0, 0.05) is 5.39 Å². The zero-order valence-electron chi connectivity index (χ0n) is 12.8. The van der Waals surface area contributed by atoms with Gasteiger partial charge in [-0.25, -0.2) is 0 Å². The van der Waals surface area contributed by atoms with E-state index in [1.165, 1.54) is 38.5 Å². The molecular formula is C18H25ClO2. The highest BCUT2D eigenvalue weighted by atomic mass is 35.5. The molecule has 1 unspecified atom stereocenters. The molecule has 1 atom stereocenters. The smallest absolute Gasteiger partial charge is 0.152 e. The van der Waals surface area contributed by atoms with Crippen LogP contribution in [-0.2, 0) is 0 Å². The van der Waals surface area contributed by atoms with E-state index in [1.54, 1.807) is 6.07 Å². The number of aliphatic hydroxyl groups is 1. The first kappa shape index (κ1) is 16.4. The summed E-state index contributed by atoms with van der Waals surface area (Å²) >= 11 is 6.09. The van der Waals surface area contributed by atoms with Crippen LogP contribution in [0.4, 0.5) is 0 Å². The number of hydrogen-bond acceptors (Lipinski definition) is 2. The number of aliphatic hydroxyl groups excluding tert-OH is 1. The standard InChI is InChI=1S/C18H25ClO2/c1-2-3-4-5-6-7-8-12-16(20)17-13-14-10-9-11-15(19)18(14)21-17/h9-11,13,16,20H,2-8,12H2,1H3. The van der Waals surface area contributed by atoms with Crippen LogP contribution in [0.1, 0.15) is 70.2 Å². The zero-order valence-corrected chi connectivity index (χ0v) is 13.5. The van der Waals surface area contributed by atoms with Crippen molar-refractivity contribution in [3.63, 3.8) is 0 Å². The summed E-state index contributed by atoms with van der Waals surface area (Å²) in [7, 11) is 0. The largest absolute Gasteiger partial charge is 0.457 e. The average Bonchev–Trinajstić information content (AvgIpc) is 2.92. The Bertz CT molecular complexity index is 547. The Labute approximate surface area is 132 Å². The molecule has 0 saturated heterocycles. The molecule has 21 heavy (non-hydrogen) atoms. The Hall–Kier alpha value is -0.990. The number of furan rings is 1. The number of fused-ring (bicyclic) bond motifs is 1. The number of para-hydroxylation sites is 1. The lowest BCUT2D eigenvalue weighted by Gasteiger charge is -2.07. The molecule has 2 nitrogen and oxygen atoms in total. The normalized spacial score (nSPS) is 12.9. The van der Waals surface area contributed by atoms with Crippen LogP contribution >= 0.6 is 11.6 Å². The van der Waals surface area contributed by atoms with Crippen molar-refractivity contribution in [3.05, 3.63) is 35.0 Å². The third-order valence-corrected chi connectivity index (χ3v) is 4.22. The quantitative estimate of drug-likeness (QED) is 0.554. The van der Waals surface area contributed by atoms with Crippen LogP contribution < -0.4 is 0 Å². The second-order valence-corrected chi connectivity index (χ2v) is 6.14. The number of halogens is 1. The molecule has 0 amide bonds. The highest BCUT2D eigenvalue weighted by Crippen LogP contribution is 2.31. The Morgan fingerprint density at radius 1 is 1.10 bits per heavy atom. The van der Waals surface area contributed by atoms with Gasteiger partial charge >= 0.3 is 0 Å². The van der Waals surface area contributed by atoms with Gasteiger partial charge in [0.15, 0.2) is 5.58 Å². The topological polar surface area (TPSA) is 33.4 Å². The van der Waals surface area contributed by atoms with Crippen LogP contribution in [0, 0.1) is 0 Å². The van der Waals surface area contributed by atoms with E-state index < -0.39 is 6.10 Å². The molecule has 2 aromatic rings. The van der Waals surface area contributed by atoms with Crippen LogP contribution in [0.25, 0.3) is 11.0 Å². The molecule has 0 spiro atoms. The molecule has 1 aromatic carbocycles. The Balaban J connectivity index is 1.77. The lowest BCUT2D eigenvalue weighted by atomic mass is 10.1. The number of hydrogen-bond donors (Lipinski definition) is 1. The molecule has 0 aliphatic heterocycles. The fourth-order valence-corrected chi connectivity index (χ4v) is 2.87. The van der Waals surface area contributed by atoms with Crippen LogP contribution in [0.5, 0.6) is 0 Å². The minimum atomic E-state index is -0.524. The van der Waals surface area contributed by atoms with Crippen molar-refractivity contribution in [2.24, 2.45) is 0 Å². The Morgan fingerprint density at radius 3 is 2.52 bits per heavy atom. The first-order valence-electron chi connectivity index (χ1n) is 8.08. The summed E-state index contributed by atoms with van der Waals surface area (Å²) in [5.41, 5.74) is 0.674. The summed E-state index contributed by atoms with van der Waals surface area (Å²) in [5.74, 6) is 0.629. The Morgan fingerprint density at radius 2 is 1.81 bits per heavy atom. The third kappa shape index (κ3) is 4.76. The number of unbranched alkanes of at least 4 members (excludes halogenated alkanes) is 6. The summed E-state index contributed by atoms with van der Waals surface area (Å²) < 4.78 is 5.69. The monoisotopic (exact) mass is 308 g/mol. The molecule has 2 rings (SSSR count). The van der Waals surface area contributed by atoms with E-state index in [0.717, 1.165) is 18.2 Å². The first-order chi connectivity index (χ1) is 10.2. The van der Waals surface area contributed by atoms with E-state index in [1.807, 2.05) is 18.2 Å². The summed E-state index contributed by atoms with van der Waals surface area (Å²) in [4.78, 5) is 0. The maximum Gasteiger partial charge on any atom is 0.152 e. The highest BCUT2D eigenvalue weighted by Gasteiger charge is 2.14. The molecule has 0 saturated carbocycles. The van der Waals surface area contributed by atoms with Gasteiger partial charge < -0.3 is 9.52 Å². The van der Waals surface area contributed by atoms with Crippen molar-refractivity contribution in [3.8, 4) is 0 Å². The van der Waals surface area contributed by atoms with E-state index in [-0.39, 0.29) is 0 Å². The van der Waals surface area contributed by atoms with E-state index in [2.05, 4.69) is 6.92 Å². The summed E-state index contributed by atoms with van der Waals surface area (Å²) in [6, 6.07) is 7.55. The summed E-state index contributed by atoms with van der Waals surface area (Å²) in [6.45, 7) is 2.23. The number of rotatable bonds is 9. The lowest BCUT2D eigenvalue weighted by Crippen LogP contribution is -1.95. The molecule has 116 valence electrons. The maximum absolute atomic E-state index is 10.2. The van der Waals surface area contributed by atoms with Crippen LogP contribution in [-0.4, -0.2) is 5.11 Å². The van der Waals surface area contributed by atoms with Gasteiger partial charge in [-0.15, -0.1) is 0 Å². The second-order valence-electron chi connectivity index (χ2n) is 5.73. The van der Waals surface area contributed by atoms with E-state index in [4.69, 9.17) is 16.0 Å². The summed E-state index contributed by atoms with van der Waals surface area (Å²) in [6.07, 6.45) is 8.98. The second kappa shape index (κ2) is 8.45. The minimum Gasteiger partial charge on any atom is -0.457 e. The molecule has 0 bridgehead atoms. The lowest BCUT2D eigenvalue weighted by molar-refractivity contribution is 0.139. The molecule has 0 radical (unpaired) electrons. The zero-order chi connectivity index (χ0) is 15.1. The van der Waals surface area contributed by atoms with Gasteiger partial charge in [0.2, 0.25) is 0 Å². The molecule has 0 fully saturated rings. The van der Waals surface area contributed by atoms with Gasteiger partial charge in [-0.2, -0.15) is 0 Å². The van der Waals surface area contributed by atoms with Crippen LogP contribution in [0.3, 0.4) is 0 Å². The van der Waals surface area contributed by atoms with Gasteiger partial charge in [-0.05, 0) is 18.6 Å². The van der Waals surface area contributed by atoms with Crippen molar-refractivity contribution >= 4 is 22.6 Å². The highest BCUT2D eigenvalue weighted by molar-refractivity contribution is 6.34. The fourth-order valence-electron chi connectivity index (χ4n) is 2.65. The molecular weight excluding hydrogens is 284 g/mol. The molecule has 1 aromatic heterocycles. The van der Waals surface area contributed by atoms with E-state index in [0.29, 0.717) is 16.4 Å². The van der Waals surface area contributed by atoms with Crippen LogP contribution in [0.2, 0.25) is 5.02 Å². The van der Waals surface area contributed by atoms with Crippen molar-refractivity contribution in [1.82, 2.24) is 0 Å². The van der Waals surface area contributed by atoms with Crippen LogP contribution in [0.15, 0.2) is 28.7 Å². The molecule has 0 aliphatic rings. The third-order valence-electron chi connectivity index (χ3n) is 3.92. The van der Waals surface area contributed by atoms with Gasteiger partial charge in [0.1, 0.15) is 11.9 Å². The SMILES string of the molecule is CCCCCCCCCC(O)c1cc2cccc(Cl)c2o1. The van der Waals surface area contributed by atoms with Gasteiger partial charge in [0.05, 0.1) is 5.02 Å². The predicted molar refractivity (Wildman–Crippen MR) is 88.8 cm³/mol. The predicted octanol–water partition coefficient (Wildman–Crippen LogP) is 6.26. The van der Waals surface area contributed by atoms with Gasteiger partial charge in [-0.1, -0.05) is 75.6 Å². The van der Waals surface area contributed by atoms with E-state index in [9.17, 15) is 5.11 Å². The van der Waals surface area contributed by atoms with Crippen molar-refractivity contribution < 1.29 is 9.52 Å². The maximum atomic E-state index is 10.2. The Kier molecular flexibility index (Phi) is 6.59. The number of benzene rings is 1. The molecule has 3 heteroatoms. The summed E-state index contributed by atoms with van der Waals surface area (Å²) in [5, 5.41) is 11.8. The molecule has 1 heterocycles. The molecule has 1 N–H and O–H groups in total.